The fraction of sp³-hybridized carbons (Fsp3) is 0. The van der Waals surface area contributed by atoms with Gasteiger partial charge in [0.15, 0.2) is 0 Å². The number of aromatic nitrogens is 1. The molecule has 0 amide bonds. The van der Waals surface area contributed by atoms with Gasteiger partial charge in [0.05, 0.1) is 5.69 Å². The zero-order chi connectivity index (χ0) is 32.3. The average Bonchev–Trinajstić information content (AvgIpc) is 3.56. The van der Waals surface area contributed by atoms with E-state index >= 15 is 0 Å². The summed E-state index contributed by atoms with van der Waals surface area (Å²) < 4.78 is 2.64. The molecule has 49 heavy (non-hydrogen) atoms. The second kappa shape index (κ2) is 11.3. The van der Waals surface area contributed by atoms with E-state index in [0.717, 1.165) is 16.8 Å². The van der Waals surface area contributed by atoms with Crippen LogP contribution in [0.4, 0.5) is 0 Å². The highest BCUT2D eigenvalue weighted by Gasteiger charge is 2.17. The number of hydrogen-bond acceptors (Lipinski definition) is 2. The van der Waals surface area contributed by atoms with Crippen LogP contribution in [0.25, 0.3) is 97.1 Å². The third kappa shape index (κ3) is 4.57. The average molecular weight is 640 g/mol. The molecule has 0 atom stereocenters. The number of rotatable bonds is 4. The third-order valence-corrected chi connectivity index (χ3v) is 11.1. The maximum absolute atomic E-state index is 5.07. The van der Waals surface area contributed by atoms with Crippen molar-refractivity contribution >= 4 is 63.8 Å². The highest BCUT2D eigenvalue weighted by atomic mass is 32.1. The molecule has 0 spiro atoms. The van der Waals surface area contributed by atoms with Crippen LogP contribution in [0.5, 0.6) is 0 Å². The molecule has 0 aliphatic carbocycles. The van der Waals surface area contributed by atoms with E-state index in [1.807, 2.05) is 11.3 Å². The summed E-state index contributed by atoms with van der Waals surface area (Å²) in [5.41, 5.74) is 9.40. The highest BCUT2D eigenvalue weighted by molar-refractivity contribution is 7.26. The minimum Gasteiger partial charge on any atom is -0.256 e. The first-order valence-electron chi connectivity index (χ1n) is 16.7. The third-order valence-electron chi connectivity index (χ3n) is 9.92. The summed E-state index contributed by atoms with van der Waals surface area (Å²) in [5.74, 6) is 0. The van der Waals surface area contributed by atoms with Crippen LogP contribution in [0.1, 0.15) is 0 Å². The fourth-order valence-electron chi connectivity index (χ4n) is 7.59. The van der Waals surface area contributed by atoms with Crippen molar-refractivity contribution in [3.05, 3.63) is 176 Å². The molecule has 10 aromatic rings. The summed E-state index contributed by atoms with van der Waals surface area (Å²) in [6.07, 6.45) is 2.06. The van der Waals surface area contributed by atoms with Gasteiger partial charge in [-0.25, -0.2) is 0 Å². The lowest BCUT2D eigenvalue weighted by atomic mass is 9.86. The Bertz CT molecular complexity index is 2790. The minimum absolute atomic E-state index is 0.983. The number of benzene rings is 8. The lowest BCUT2D eigenvalue weighted by Gasteiger charge is -2.18. The van der Waals surface area contributed by atoms with E-state index in [0.29, 0.717) is 0 Å². The van der Waals surface area contributed by atoms with Crippen molar-refractivity contribution in [1.29, 1.82) is 0 Å². The molecule has 8 aromatic carbocycles. The lowest BCUT2D eigenvalue weighted by molar-refractivity contribution is 1.33. The predicted octanol–water partition coefficient (Wildman–Crippen LogP) is 13.6. The van der Waals surface area contributed by atoms with Gasteiger partial charge in [0.1, 0.15) is 0 Å². The Kier molecular flexibility index (Phi) is 6.43. The van der Waals surface area contributed by atoms with E-state index in [1.165, 1.54) is 80.3 Å². The molecule has 2 aromatic heterocycles. The van der Waals surface area contributed by atoms with Gasteiger partial charge < -0.3 is 0 Å². The van der Waals surface area contributed by atoms with Crippen LogP contribution < -0.4 is 0 Å². The number of fused-ring (bicyclic) bond motifs is 7. The van der Waals surface area contributed by atoms with Gasteiger partial charge >= 0.3 is 0 Å². The smallest absolute Gasteiger partial charge is 0.0702 e. The standard InChI is InChI=1S/C47H29NS/c1-2-10-30(11-3-1)31-18-20-33(21-19-31)45-38-14-6-8-16-40(38)46(41-17-9-7-15-39(41)45)35-24-27-43(48-29-35)34-23-25-37-42-26-22-32-12-4-5-13-36(32)47(42)49-44(37)28-34/h1-29H. The van der Waals surface area contributed by atoms with Gasteiger partial charge in [-0.2, -0.15) is 0 Å². The summed E-state index contributed by atoms with van der Waals surface area (Å²) in [6, 6.07) is 61.6. The second-order valence-electron chi connectivity index (χ2n) is 12.7. The SMILES string of the molecule is c1ccc(-c2ccc(-c3c4ccccc4c(-c4ccc(-c5ccc6c(c5)sc5c7ccccc7ccc65)nc4)c4ccccc34)cc2)cc1. The van der Waals surface area contributed by atoms with E-state index in [9.17, 15) is 0 Å². The van der Waals surface area contributed by atoms with Crippen LogP contribution in [-0.4, -0.2) is 4.98 Å². The Labute approximate surface area is 288 Å². The largest absolute Gasteiger partial charge is 0.256 e. The normalized spacial score (nSPS) is 11.7. The first-order chi connectivity index (χ1) is 24.3. The van der Waals surface area contributed by atoms with Crippen molar-refractivity contribution in [2.45, 2.75) is 0 Å². The van der Waals surface area contributed by atoms with Gasteiger partial charge in [0, 0.05) is 37.5 Å². The molecule has 0 radical (unpaired) electrons. The van der Waals surface area contributed by atoms with Crippen molar-refractivity contribution in [3.8, 4) is 44.6 Å². The summed E-state index contributed by atoms with van der Waals surface area (Å²) in [4.78, 5) is 5.07. The molecule has 0 saturated carbocycles. The molecule has 0 bridgehead atoms. The van der Waals surface area contributed by atoms with Crippen molar-refractivity contribution in [1.82, 2.24) is 4.98 Å². The topological polar surface area (TPSA) is 12.9 Å². The predicted molar refractivity (Wildman–Crippen MR) is 211 cm³/mol. The fourth-order valence-corrected chi connectivity index (χ4v) is 8.86. The Morgan fingerprint density at radius 2 is 0.878 bits per heavy atom. The minimum atomic E-state index is 0.983. The molecule has 0 fully saturated rings. The van der Waals surface area contributed by atoms with Gasteiger partial charge in [0.2, 0.25) is 0 Å². The van der Waals surface area contributed by atoms with Crippen LogP contribution >= 0.6 is 11.3 Å². The first kappa shape index (κ1) is 28.0. The molecular weight excluding hydrogens is 611 g/mol. The highest BCUT2D eigenvalue weighted by Crippen LogP contribution is 2.44. The van der Waals surface area contributed by atoms with Gasteiger partial charge in [0.25, 0.3) is 0 Å². The van der Waals surface area contributed by atoms with E-state index in [1.54, 1.807) is 0 Å². The van der Waals surface area contributed by atoms with Gasteiger partial charge in [-0.1, -0.05) is 158 Å². The number of thiophene rings is 1. The summed E-state index contributed by atoms with van der Waals surface area (Å²) in [7, 11) is 0. The molecule has 2 heteroatoms. The number of nitrogens with zero attached hydrogens (tertiary/aromatic N) is 1. The number of hydrogen-bond donors (Lipinski definition) is 0. The van der Waals surface area contributed by atoms with E-state index in [-0.39, 0.29) is 0 Å². The molecule has 10 rings (SSSR count). The molecule has 2 heterocycles. The Morgan fingerprint density at radius 1 is 0.347 bits per heavy atom. The Hall–Kier alpha value is -6.09. The van der Waals surface area contributed by atoms with E-state index in [2.05, 4.69) is 176 Å². The van der Waals surface area contributed by atoms with Crippen LogP contribution in [0.15, 0.2) is 176 Å². The Morgan fingerprint density at radius 3 is 1.55 bits per heavy atom. The van der Waals surface area contributed by atoms with Crippen molar-refractivity contribution in [3.63, 3.8) is 0 Å². The molecule has 0 saturated heterocycles. The molecule has 0 aliphatic rings. The molecule has 0 N–H and O–H groups in total. The van der Waals surface area contributed by atoms with Gasteiger partial charge in [-0.05, 0) is 72.3 Å². The summed E-state index contributed by atoms with van der Waals surface area (Å²) >= 11 is 1.87. The molecule has 0 aliphatic heterocycles. The van der Waals surface area contributed by atoms with Crippen molar-refractivity contribution in [2.24, 2.45) is 0 Å². The maximum Gasteiger partial charge on any atom is 0.0702 e. The molecule has 0 unspecified atom stereocenters. The summed E-state index contributed by atoms with van der Waals surface area (Å²) in [6.45, 7) is 0. The molecule has 228 valence electrons. The maximum atomic E-state index is 5.07. The zero-order valence-corrected chi connectivity index (χ0v) is 27.4. The van der Waals surface area contributed by atoms with Crippen LogP contribution in [0.2, 0.25) is 0 Å². The molecular formula is C47H29NS. The lowest BCUT2D eigenvalue weighted by Crippen LogP contribution is -1.92. The van der Waals surface area contributed by atoms with Crippen LogP contribution in [0.3, 0.4) is 0 Å². The monoisotopic (exact) mass is 639 g/mol. The zero-order valence-electron chi connectivity index (χ0n) is 26.6. The first-order valence-corrected chi connectivity index (χ1v) is 17.5. The second-order valence-corrected chi connectivity index (χ2v) is 13.7. The van der Waals surface area contributed by atoms with Crippen LogP contribution in [-0.2, 0) is 0 Å². The van der Waals surface area contributed by atoms with Crippen LogP contribution in [0, 0.1) is 0 Å². The van der Waals surface area contributed by atoms with Crippen molar-refractivity contribution in [2.75, 3.05) is 0 Å². The number of pyridine rings is 1. The van der Waals surface area contributed by atoms with Gasteiger partial charge in [-0.15, -0.1) is 11.3 Å². The van der Waals surface area contributed by atoms with Gasteiger partial charge in [-0.3, -0.25) is 4.98 Å². The Balaban J connectivity index is 1.08. The van der Waals surface area contributed by atoms with E-state index < -0.39 is 0 Å². The van der Waals surface area contributed by atoms with Crippen molar-refractivity contribution < 1.29 is 0 Å². The quantitative estimate of drug-likeness (QED) is 0.175. The van der Waals surface area contributed by atoms with E-state index in [4.69, 9.17) is 4.98 Å². The molecule has 1 nitrogen and oxygen atoms in total. The summed E-state index contributed by atoms with van der Waals surface area (Å²) in [5, 5.41) is 10.2.